The molecule has 12 heavy (non-hydrogen) atoms. The molecule has 0 radical (unpaired) electrons. The third-order valence-corrected chi connectivity index (χ3v) is 2.07. The summed E-state index contributed by atoms with van der Waals surface area (Å²) < 4.78 is 0. The summed E-state index contributed by atoms with van der Waals surface area (Å²) in [6.45, 7) is 0.290. The number of carbonyl (C=O) groups excluding carboxylic acids is 1. The highest BCUT2D eigenvalue weighted by molar-refractivity contribution is 5.86. The van der Waals surface area contributed by atoms with Gasteiger partial charge >= 0.3 is 5.97 Å². The number of carboxylic acid groups (broad SMARTS) is 1. The Bertz CT molecular complexity index is 205. The van der Waals surface area contributed by atoms with E-state index in [0.717, 1.165) is 0 Å². The van der Waals surface area contributed by atoms with E-state index in [1.54, 1.807) is 0 Å². The number of aliphatic carboxylic acids is 1. The van der Waals surface area contributed by atoms with Crippen LogP contribution in [0.3, 0.4) is 0 Å². The Morgan fingerprint density at radius 2 is 2.33 bits per heavy atom. The van der Waals surface area contributed by atoms with E-state index < -0.39 is 12.0 Å². The lowest BCUT2D eigenvalue weighted by molar-refractivity contribution is -0.144. The minimum absolute atomic E-state index is 0.208. The number of piperidine rings is 1. The average molecular weight is 172 g/mol. The van der Waals surface area contributed by atoms with Crippen molar-refractivity contribution in [3.8, 4) is 0 Å². The van der Waals surface area contributed by atoms with Gasteiger partial charge in [0.05, 0.1) is 5.92 Å². The number of rotatable bonds is 2. The molecule has 1 fully saturated rings. The topological polar surface area (TPSA) is 92.4 Å². The Hall–Kier alpha value is -1.10. The van der Waals surface area contributed by atoms with Crippen molar-refractivity contribution in [2.75, 3.05) is 6.54 Å². The van der Waals surface area contributed by atoms with Crippen molar-refractivity contribution >= 4 is 11.9 Å². The van der Waals surface area contributed by atoms with Gasteiger partial charge < -0.3 is 16.2 Å². The standard InChI is InChI=1S/C7H12N2O3/c8-3-4-1-2-5(7(11)12)9-6(4)10/h4-5H,1-3,8H2,(H,9,10)(H,11,12)/t4-,5-/m0/s1. The maximum Gasteiger partial charge on any atom is 0.326 e. The molecule has 1 aliphatic rings. The fourth-order valence-electron chi connectivity index (χ4n) is 1.27. The molecule has 0 spiro atoms. The summed E-state index contributed by atoms with van der Waals surface area (Å²) in [5, 5.41) is 11.0. The van der Waals surface area contributed by atoms with Crippen LogP contribution in [0.1, 0.15) is 12.8 Å². The van der Waals surface area contributed by atoms with Gasteiger partial charge in [-0.05, 0) is 12.8 Å². The molecule has 1 saturated heterocycles. The van der Waals surface area contributed by atoms with Crippen molar-refractivity contribution in [3.05, 3.63) is 0 Å². The molecule has 0 bridgehead atoms. The third kappa shape index (κ3) is 1.73. The molecule has 1 heterocycles. The summed E-state index contributed by atoms with van der Waals surface area (Å²) in [6.07, 6.45) is 1.04. The van der Waals surface area contributed by atoms with Gasteiger partial charge in [-0.2, -0.15) is 0 Å². The smallest absolute Gasteiger partial charge is 0.326 e. The van der Waals surface area contributed by atoms with E-state index in [2.05, 4.69) is 5.32 Å². The molecule has 0 saturated carbocycles. The largest absolute Gasteiger partial charge is 0.480 e. The summed E-state index contributed by atoms with van der Waals surface area (Å²) in [5.41, 5.74) is 5.31. The molecule has 0 aromatic rings. The molecule has 0 unspecified atom stereocenters. The molecule has 1 rings (SSSR count). The first-order valence-electron chi connectivity index (χ1n) is 3.88. The van der Waals surface area contributed by atoms with E-state index in [0.29, 0.717) is 12.8 Å². The van der Waals surface area contributed by atoms with Gasteiger partial charge in [0.2, 0.25) is 5.91 Å². The van der Waals surface area contributed by atoms with Crippen LogP contribution in [0.15, 0.2) is 0 Å². The number of hydrogen-bond donors (Lipinski definition) is 3. The van der Waals surface area contributed by atoms with Gasteiger partial charge in [-0.15, -0.1) is 0 Å². The second-order valence-corrected chi connectivity index (χ2v) is 2.91. The Morgan fingerprint density at radius 1 is 1.67 bits per heavy atom. The van der Waals surface area contributed by atoms with Crippen molar-refractivity contribution in [3.63, 3.8) is 0 Å². The number of hydrogen-bond acceptors (Lipinski definition) is 3. The summed E-state index contributed by atoms with van der Waals surface area (Å²) in [7, 11) is 0. The first-order chi connectivity index (χ1) is 5.65. The van der Waals surface area contributed by atoms with Crippen LogP contribution in [0, 0.1) is 5.92 Å². The van der Waals surface area contributed by atoms with Gasteiger partial charge in [-0.1, -0.05) is 0 Å². The Labute approximate surface area is 69.9 Å². The van der Waals surface area contributed by atoms with Crippen LogP contribution in [0.5, 0.6) is 0 Å². The van der Waals surface area contributed by atoms with Gasteiger partial charge in [0.15, 0.2) is 0 Å². The predicted molar refractivity (Wildman–Crippen MR) is 41.3 cm³/mol. The Balaban J connectivity index is 2.52. The maximum atomic E-state index is 11.1. The third-order valence-electron chi connectivity index (χ3n) is 2.07. The van der Waals surface area contributed by atoms with Crippen LogP contribution in [-0.4, -0.2) is 29.6 Å². The predicted octanol–water partition coefficient (Wildman–Crippen LogP) is -1.08. The van der Waals surface area contributed by atoms with Crippen molar-refractivity contribution < 1.29 is 14.7 Å². The zero-order chi connectivity index (χ0) is 9.14. The molecule has 0 aromatic carbocycles. The molecule has 1 amide bonds. The molecule has 4 N–H and O–H groups in total. The van der Waals surface area contributed by atoms with Gasteiger partial charge in [-0.3, -0.25) is 4.79 Å². The lowest BCUT2D eigenvalue weighted by Crippen LogP contribution is -2.49. The van der Waals surface area contributed by atoms with Gasteiger partial charge in [0.1, 0.15) is 6.04 Å². The maximum absolute atomic E-state index is 11.1. The zero-order valence-corrected chi connectivity index (χ0v) is 6.62. The molecule has 5 heteroatoms. The van der Waals surface area contributed by atoms with Crippen molar-refractivity contribution in [2.45, 2.75) is 18.9 Å². The van der Waals surface area contributed by atoms with Crippen LogP contribution in [0.25, 0.3) is 0 Å². The van der Waals surface area contributed by atoms with E-state index in [1.807, 2.05) is 0 Å². The van der Waals surface area contributed by atoms with Crippen molar-refractivity contribution in [1.29, 1.82) is 0 Å². The van der Waals surface area contributed by atoms with Crippen LogP contribution in [0.2, 0.25) is 0 Å². The highest BCUT2D eigenvalue weighted by Crippen LogP contribution is 2.14. The van der Waals surface area contributed by atoms with Crippen LogP contribution in [0.4, 0.5) is 0 Å². The highest BCUT2D eigenvalue weighted by Gasteiger charge is 2.30. The number of nitrogens with two attached hydrogens (primary N) is 1. The number of amides is 1. The van der Waals surface area contributed by atoms with Crippen molar-refractivity contribution in [1.82, 2.24) is 5.32 Å². The van der Waals surface area contributed by atoms with Gasteiger partial charge in [0.25, 0.3) is 0 Å². The summed E-state index contributed by atoms with van der Waals surface area (Å²) in [6, 6.07) is -0.722. The van der Waals surface area contributed by atoms with E-state index >= 15 is 0 Å². The normalized spacial score (nSPS) is 29.6. The second-order valence-electron chi connectivity index (χ2n) is 2.91. The summed E-state index contributed by atoms with van der Waals surface area (Å²) in [5.74, 6) is -1.42. The van der Waals surface area contributed by atoms with Gasteiger partial charge in [0, 0.05) is 6.54 Å². The quantitative estimate of drug-likeness (QED) is 0.494. The van der Waals surface area contributed by atoms with Crippen molar-refractivity contribution in [2.24, 2.45) is 11.7 Å². The molecule has 1 aliphatic heterocycles. The molecule has 2 atom stereocenters. The van der Waals surface area contributed by atoms with E-state index in [4.69, 9.17) is 10.8 Å². The van der Waals surface area contributed by atoms with E-state index in [-0.39, 0.29) is 18.4 Å². The van der Waals surface area contributed by atoms with Crippen LogP contribution < -0.4 is 11.1 Å². The molecule has 0 aliphatic carbocycles. The first kappa shape index (κ1) is 8.99. The minimum Gasteiger partial charge on any atom is -0.480 e. The number of nitrogens with one attached hydrogen (secondary N) is 1. The molecule has 68 valence electrons. The summed E-state index contributed by atoms with van der Waals surface area (Å²) in [4.78, 5) is 21.5. The zero-order valence-electron chi connectivity index (χ0n) is 6.62. The summed E-state index contributed by atoms with van der Waals surface area (Å²) >= 11 is 0. The minimum atomic E-state index is -0.973. The SMILES string of the molecule is NC[C@@H]1CC[C@@H](C(=O)O)NC1=O. The fourth-order valence-corrected chi connectivity index (χ4v) is 1.27. The lowest BCUT2D eigenvalue weighted by Gasteiger charge is -2.25. The first-order valence-corrected chi connectivity index (χ1v) is 3.88. The molecule has 5 nitrogen and oxygen atoms in total. The highest BCUT2D eigenvalue weighted by atomic mass is 16.4. The fraction of sp³-hybridized carbons (Fsp3) is 0.714. The van der Waals surface area contributed by atoms with E-state index in [1.165, 1.54) is 0 Å². The lowest BCUT2D eigenvalue weighted by atomic mass is 9.94. The molecular weight excluding hydrogens is 160 g/mol. The average Bonchev–Trinajstić information content (AvgIpc) is 2.04. The molecule has 0 aromatic heterocycles. The van der Waals surface area contributed by atoms with Gasteiger partial charge in [-0.25, -0.2) is 4.79 Å². The Kier molecular flexibility index (Phi) is 2.65. The van der Waals surface area contributed by atoms with Crippen LogP contribution in [-0.2, 0) is 9.59 Å². The number of carboxylic acids is 1. The molecular formula is C7H12N2O3. The van der Waals surface area contributed by atoms with E-state index in [9.17, 15) is 9.59 Å². The number of carbonyl (C=O) groups is 2. The van der Waals surface area contributed by atoms with Crippen LogP contribution >= 0.6 is 0 Å². The Morgan fingerprint density at radius 3 is 2.75 bits per heavy atom. The second kappa shape index (κ2) is 3.53. The monoisotopic (exact) mass is 172 g/mol.